The monoisotopic (exact) mass is 608 g/mol. The molecule has 3 N–H and O–H groups in total. The summed E-state index contributed by atoms with van der Waals surface area (Å²) in [6.45, 7) is 4.46. The second-order valence-corrected chi connectivity index (χ2v) is 11.7. The smallest absolute Gasteiger partial charge is 0.368 e. The van der Waals surface area contributed by atoms with E-state index in [1.807, 2.05) is 4.90 Å². The number of carbonyl (C=O) groups is 1. The van der Waals surface area contributed by atoms with Crippen molar-refractivity contribution in [3.05, 3.63) is 52.5 Å². The minimum Gasteiger partial charge on any atom is -0.368 e. The predicted octanol–water partition coefficient (Wildman–Crippen LogP) is 4.91. The van der Waals surface area contributed by atoms with E-state index in [-0.39, 0.29) is 28.0 Å². The maximum absolute atomic E-state index is 14.3. The van der Waals surface area contributed by atoms with Gasteiger partial charge in [-0.1, -0.05) is 18.3 Å². The summed E-state index contributed by atoms with van der Waals surface area (Å²) in [6.07, 6.45) is 0.822. The van der Waals surface area contributed by atoms with Crippen LogP contribution in [0.25, 0.3) is 11.3 Å². The molecule has 226 valence electrons. The van der Waals surface area contributed by atoms with E-state index in [9.17, 15) is 32.6 Å². The Morgan fingerprint density at radius 1 is 1.12 bits per heavy atom. The Labute approximate surface area is 244 Å². The molecular formula is C28H32F4N6O3S. The van der Waals surface area contributed by atoms with Gasteiger partial charge in [-0.25, -0.2) is 19.3 Å². The molecule has 1 amide bonds. The molecule has 0 saturated carbocycles. The van der Waals surface area contributed by atoms with Gasteiger partial charge in [-0.2, -0.15) is 13.2 Å². The molecule has 14 heteroatoms. The third-order valence-corrected chi connectivity index (χ3v) is 8.85. The Morgan fingerprint density at radius 3 is 2.52 bits per heavy atom. The van der Waals surface area contributed by atoms with Gasteiger partial charge in [0.05, 0.1) is 23.7 Å². The molecule has 3 aromatic rings. The van der Waals surface area contributed by atoms with Crippen molar-refractivity contribution < 1.29 is 32.6 Å². The molecule has 1 atom stereocenters. The first-order valence-corrected chi connectivity index (χ1v) is 14.7. The number of nitrogens with one attached hydrogen (secondary N) is 1. The van der Waals surface area contributed by atoms with Gasteiger partial charge in [0.2, 0.25) is 0 Å². The maximum atomic E-state index is 14.3. The van der Waals surface area contributed by atoms with Crippen LogP contribution in [0.15, 0.2) is 30.6 Å². The second kappa shape index (κ2) is 12.6. The number of anilines is 2. The van der Waals surface area contributed by atoms with E-state index in [2.05, 4.69) is 32.1 Å². The zero-order valence-corrected chi connectivity index (χ0v) is 23.8. The van der Waals surface area contributed by atoms with Gasteiger partial charge in [-0.3, -0.25) is 15.0 Å². The Morgan fingerprint density at radius 2 is 1.88 bits per heavy atom. The average molecular weight is 609 g/mol. The highest BCUT2D eigenvalue weighted by molar-refractivity contribution is 7.16. The second-order valence-electron chi connectivity index (χ2n) is 10.6. The Hall–Kier alpha value is -3.20. The summed E-state index contributed by atoms with van der Waals surface area (Å²) >= 11 is 1.14. The van der Waals surface area contributed by atoms with Crippen molar-refractivity contribution in [1.82, 2.24) is 19.9 Å². The van der Waals surface area contributed by atoms with Crippen LogP contribution in [0.3, 0.4) is 0 Å². The number of thiazole rings is 1. The number of aliphatic hydroxyl groups excluding tert-OH is 1. The molecule has 2 saturated heterocycles. The molecule has 0 radical (unpaired) electrons. The number of aromatic nitrogens is 3. The number of nitrogens with zero attached hydrogens (tertiary/aromatic N) is 5. The highest BCUT2D eigenvalue weighted by Crippen LogP contribution is 2.38. The van der Waals surface area contributed by atoms with E-state index in [1.54, 1.807) is 0 Å². The lowest BCUT2D eigenvalue weighted by atomic mass is 9.96. The van der Waals surface area contributed by atoms with Crippen molar-refractivity contribution in [3.8, 4) is 11.3 Å². The number of carbonyl (C=O) groups excluding carboxylic acids is 1. The fraction of sp³-hybridized carbons (Fsp3) is 0.500. The summed E-state index contributed by atoms with van der Waals surface area (Å²) in [6, 6.07) is 2.67. The standard InChI is InChI=1S/C28H32F4N6O3S/c1-2-20-4-3-7-38(20)15-22-24(17-10-18(28(30,31)32)12-19(29)11-17)35-27(42-22)36-25(39)21-13-34-23(14-33-21)37-8-5-16(6-9-37)26(40)41/h10-14,16,20,26,40-41H,2-9,15H2,1H3,(H,35,36,39)/t20-/m1/s1. The number of hydrogen-bond acceptors (Lipinski definition) is 9. The maximum Gasteiger partial charge on any atom is 0.416 e. The Kier molecular flexibility index (Phi) is 9.06. The lowest BCUT2D eigenvalue weighted by Crippen LogP contribution is -2.38. The summed E-state index contributed by atoms with van der Waals surface area (Å²) in [4.78, 5) is 30.8. The molecule has 9 nitrogen and oxygen atoms in total. The first-order chi connectivity index (χ1) is 20.0. The van der Waals surface area contributed by atoms with Crippen LogP contribution in [-0.4, -0.2) is 67.9 Å². The molecule has 42 heavy (non-hydrogen) atoms. The van der Waals surface area contributed by atoms with Crippen molar-refractivity contribution in [3.63, 3.8) is 0 Å². The SMILES string of the molecule is CC[C@@H]1CCCN1Cc1sc(NC(=O)c2cnc(N3CCC(C(O)O)CC3)cn2)nc1-c1cc(F)cc(C(F)(F)F)c1. The van der Waals surface area contributed by atoms with Crippen LogP contribution in [0.1, 0.15) is 60.0 Å². The summed E-state index contributed by atoms with van der Waals surface area (Å²) in [5, 5.41) is 21.6. The minimum atomic E-state index is -4.73. The Bertz CT molecular complexity index is 1390. The predicted molar refractivity (Wildman–Crippen MR) is 149 cm³/mol. The molecule has 0 aliphatic carbocycles. The molecular weight excluding hydrogens is 576 g/mol. The number of piperidine rings is 1. The average Bonchev–Trinajstić information content (AvgIpc) is 3.58. The van der Waals surface area contributed by atoms with Crippen LogP contribution in [0.2, 0.25) is 0 Å². The number of amides is 1. The number of rotatable bonds is 8. The van der Waals surface area contributed by atoms with E-state index < -0.39 is 29.8 Å². The molecule has 1 aromatic carbocycles. The van der Waals surface area contributed by atoms with E-state index in [0.29, 0.717) is 55.3 Å². The normalized spacial score (nSPS) is 18.7. The van der Waals surface area contributed by atoms with Gasteiger partial charge < -0.3 is 15.1 Å². The highest BCUT2D eigenvalue weighted by atomic mass is 32.1. The van der Waals surface area contributed by atoms with Gasteiger partial charge in [0.1, 0.15) is 17.3 Å². The van der Waals surface area contributed by atoms with Crippen LogP contribution in [0, 0.1) is 11.7 Å². The van der Waals surface area contributed by atoms with Crippen LogP contribution >= 0.6 is 11.3 Å². The van der Waals surface area contributed by atoms with Crippen molar-refractivity contribution >= 4 is 28.2 Å². The summed E-state index contributed by atoms with van der Waals surface area (Å²) < 4.78 is 54.7. The van der Waals surface area contributed by atoms with Gasteiger partial charge in [0.25, 0.3) is 5.91 Å². The molecule has 2 aromatic heterocycles. The van der Waals surface area contributed by atoms with E-state index >= 15 is 0 Å². The van der Waals surface area contributed by atoms with Crippen molar-refractivity contribution in [2.24, 2.45) is 5.92 Å². The quantitative estimate of drug-likeness (QED) is 0.244. The van der Waals surface area contributed by atoms with E-state index in [1.165, 1.54) is 12.4 Å². The molecule has 0 bridgehead atoms. The van der Waals surface area contributed by atoms with Crippen molar-refractivity contribution in [1.29, 1.82) is 0 Å². The van der Waals surface area contributed by atoms with Gasteiger partial charge >= 0.3 is 6.18 Å². The van der Waals surface area contributed by atoms with Crippen molar-refractivity contribution in [2.75, 3.05) is 29.9 Å². The first-order valence-electron chi connectivity index (χ1n) is 13.9. The fourth-order valence-electron chi connectivity index (χ4n) is 5.57. The minimum absolute atomic E-state index is 0.0112. The lowest BCUT2D eigenvalue weighted by Gasteiger charge is -2.33. The third kappa shape index (κ3) is 6.88. The van der Waals surface area contributed by atoms with Crippen LogP contribution in [0.5, 0.6) is 0 Å². The fourth-order valence-corrected chi connectivity index (χ4v) is 6.57. The van der Waals surface area contributed by atoms with Crippen LogP contribution < -0.4 is 10.2 Å². The van der Waals surface area contributed by atoms with Crippen LogP contribution in [0.4, 0.5) is 28.5 Å². The van der Waals surface area contributed by atoms with Gasteiger partial charge in [-0.15, -0.1) is 0 Å². The summed E-state index contributed by atoms with van der Waals surface area (Å²) in [7, 11) is 0. The van der Waals surface area contributed by atoms with E-state index in [4.69, 9.17) is 0 Å². The largest absolute Gasteiger partial charge is 0.416 e. The molecule has 0 spiro atoms. The summed E-state index contributed by atoms with van der Waals surface area (Å²) in [5.74, 6) is -1.26. The lowest BCUT2D eigenvalue weighted by molar-refractivity contribution is -0.137. The molecule has 2 fully saturated rings. The Balaban J connectivity index is 1.36. The van der Waals surface area contributed by atoms with Crippen molar-refractivity contribution in [2.45, 2.75) is 64.1 Å². The number of benzene rings is 1. The number of likely N-dealkylation sites (tertiary alicyclic amines) is 1. The molecule has 2 aliphatic rings. The number of hydrogen-bond donors (Lipinski definition) is 3. The first kappa shape index (κ1) is 30.3. The van der Waals surface area contributed by atoms with Gasteiger partial charge in [-0.05, 0) is 56.8 Å². The number of aliphatic hydroxyl groups is 2. The zero-order valence-electron chi connectivity index (χ0n) is 22.9. The zero-order chi connectivity index (χ0) is 30.0. The van der Waals surface area contributed by atoms with Gasteiger partial charge in [0.15, 0.2) is 11.4 Å². The third-order valence-electron chi connectivity index (χ3n) is 7.89. The summed E-state index contributed by atoms with van der Waals surface area (Å²) in [5.41, 5.74) is -0.905. The topological polar surface area (TPSA) is 115 Å². The number of alkyl halides is 3. The molecule has 4 heterocycles. The highest BCUT2D eigenvalue weighted by Gasteiger charge is 2.33. The molecule has 2 aliphatic heterocycles. The van der Waals surface area contributed by atoms with E-state index in [0.717, 1.165) is 49.3 Å². The molecule has 5 rings (SSSR count). The van der Waals surface area contributed by atoms with Crippen LogP contribution in [-0.2, 0) is 12.7 Å². The van der Waals surface area contributed by atoms with Gasteiger partial charge in [0, 0.05) is 42.0 Å². The molecule has 0 unspecified atom stereocenters. The number of halogens is 4.